The molecule has 1 unspecified atom stereocenters. The molecule has 1 aromatic carbocycles. The molecule has 2 heterocycles. The molecule has 2 aromatic heterocycles. The van der Waals surface area contributed by atoms with Crippen LogP contribution < -0.4 is 5.32 Å². The molecule has 3 nitrogen and oxygen atoms in total. The number of para-hydroxylation sites is 1. The fourth-order valence-corrected chi connectivity index (χ4v) is 2.06. The molecule has 0 radical (unpaired) electrons. The van der Waals surface area contributed by atoms with Crippen LogP contribution in [0.2, 0.25) is 0 Å². The lowest BCUT2D eigenvalue weighted by Gasteiger charge is -2.09. The maximum absolute atomic E-state index is 5.83. The number of H-pyrrole nitrogens is 1. The van der Waals surface area contributed by atoms with Crippen LogP contribution in [0.1, 0.15) is 24.4 Å². The Morgan fingerprint density at radius 3 is 2.89 bits per heavy atom. The zero-order valence-electron chi connectivity index (χ0n) is 10.3. The standard InChI is InChI=1S/C15H16N2O/c1-11(17-10-13-6-4-8-16-13)15-9-12-5-2-3-7-14(12)18-15/h2-9,11,16-17H,10H2,1H3. The first-order valence-electron chi connectivity index (χ1n) is 6.17. The van der Waals surface area contributed by atoms with Gasteiger partial charge >= 0.3 is 0 Å². The number of benzene rings is 1. The summed E-state index contributed by atoms with van der Waals surface area (Å²) in [7, 11) is 0. The minimum absolute atomic E-state index is 0.195. The van der Waals surface area contributed by atoms with Crippen molar-refractivity contribution < 1.29 is 4.42 Å². The molecule has 0 saturated carbocycles. The second-order valence-electron chi connectivity index (χ2n) is 4.48. The Labute approximate surface area is 106 Å². The molecule has 0 aliphatic heterocycles. The molecule has 1 atom stereocenters. The number of rotatable bonds is 4. The average molecular weight is 240 g/mol. The summed E-state index contributed by atoms with van der Waals surface area (Å²) in [5, 5.41) is 4.59. The molecule has 0 aliphatic carbocycles. The van der Waals surface area contributed by atoms with E-state index in [0.717, 1.165) is 23.3 Å². The van der Waals surface area contributed by atoms with Crippen molar-refractivity contribution in [2.45, 2.75) is 19.5 Å². The number of hydrogen-bond donors (Lipinski definition) is 2. The molecule has 18 heavy (non-hydrogen) atoms. The largest absolute Gasteiger partial charge is 0.459 e. The molecule has 0 fully saturated rings. The molecule has 3 aromatic rings. The van der Waals surface area contributed by atoms with Gasteiger partial charge in [-0.3, -0.25) is 0 Å². The third-order valence-electron chi connectivity index (χ3n) is 3.13. The first-order chi connectivity index (χ1) is 8.83. The second-order valence-corrected chi connectivity index (χ2v) is 4.48. The van der Waals surface area contributed by atoms with Gasteiger partial charge in [-0.05, 0) is 31.2 Å². The third-order valence-corrected chi connectivity index (χ3v) is 3.13. The third kappa shape index (κ3) is 2.17. The van der Waals surface area contributed by atoms with Crippen LogP contribution in [0.5, 0.6) is 0 Å². The summed E-state index contributed by atoms with van der Waals surface area (Å²) in [6.07, 6.45) is 1.93. The highest BCUT2D eigenvalue weighted by atomic mass is 16.3. The Bertz CT molecular complexity index is 592. The van der Waals surface area contributed by atoms with Crippen LogP contribution in [0.4, 0.5) is 0 Å². The molecule has 2 N–H and O–H groups in total. The number of nitrogens with one attached hydrogen (secondary N) is 2. The molecule has 0 aliphatic rings. The number of aromatic nitrogens is 1. The lowest BCUT2D eigenvalue weighted by molar-refractivity contribution is 0.449. The van der Waals surface area contributed by atoms with Gasteiger partial charge in [-0.15, -0.1) is 0 Å². The van der Waals surface area contributed by atoms with Gasteiger partial charge in [0.25, 0.3) is 0 Å². The van der Waals surface area contributed by atoms with E-state index in [9.17, 15) is 0 Å². The number of aromatic amines is 1. The Morgan fingerprint density at radius 2 is 2.11 bits per heavy atom. The summed E-state index contributed by atoms with van der Waals surface area (Å²) in [6.45, 7) is 2.92. The van der Waals surface area contributed by atoms with Gasteiger partial charge in [-0.25, -0.2) is 0 Å². The lowest BCUT2D eigenvalue weighted by atomic mass is 10.2. The summed E-state index contributed by atoms with van der Waals surface area (Å²) in [4.78, 5) is 3.18. The van der Waals surface area contributed by atoms with Gasteiger partial charge in [0.05, 0.1) is 6.04 Å². The van der Waals surface area contributed by atoms with Crippen molar-refractivity contribution in [1.29, 1.82) is 0 Å². The van der Waals surface area contributed by atoms with Gasteiger partial charge in [0.15, 0.2) is 0 Å². The van der Waals surface area contributed by atoms with E-state index in [1.807, 2.05) is 30.5 Å². The van der Waals surface area contributed by atoms with E-state index in [1.165, 1.54) is 5.69 Å². The van der Waals surface area contributed by atoms with Crippen LogP contribution in [0.25, 0.3) is 11.0 Å². The SMILES string of the molecule is CC(NCc1ccc[nH]1)c1cc2ccccc2o1. The molecule has 0 amide bonds. The first-order valence-corrected chi connectivity index (χ1v) is 6.17. The Morgan fingerprint density at radius 1 is 1.22 bits per heavy atom. The van der Waals surface area contributed by atoms with E-state index >= 15 is 0 Å². The lowest BCUT2D eigenvalue weighted by Crippen LogP contribution is -2.17. The molecular weight excluding hydrogens is 224 g/mol. The van der Waals surface area contributed by atoms with Crippen molar-refractivity contribution in [3.8, 4) is 0 Å². The molecular formula is C15H16N2O. The fourth-order valence-electron chi connectivity index (χ4n) is 2.06. The molecule has 92 valence electrons. The van der Waals surface area contributed by atoms with E-state index in [0.29, 0.717) is 0 Å². The Hall–Kier alpha value is -2.00. The van der Waals surface area contributed by atoms with Crippen molar-refractivity contribution in [2.24, 2.45) is 0 Å². The topological polar surface area (TPSA) is 41.0 Å². The average Bonchev–Trinajstić information content (AvgIpc) is 3.04. The first kappa shape index (κ1) is 11.1. The summed E-state index contributed by atoms with van der Waals surface area (Å²) in [5.74, 6) is 0.975. The molecule has 0 bridgehead atoms. The van der Waals surface area contributed by atoms with Crippen LogP contribution in [-0.2, 0) is 6.54 Å². The van der Waals surface area contributed by atoms with E-state index < -0.39 is 0 Å². The van der Waals surface area contributed by atoms with E-state index in [-0.39, 0.29) is 6.04 Å². The highest BCUT2D eigenvalue weighted by Crippen LogP contribution is 2.23. The maximum atomic E-state index is 5.83. The van der Waals surface area contributed by atoms with Gasteiger partial charge in [0.2, 0.25) is 0 Å². The van der Waals surface area contributed by atoms with Crippen molar-refractivity contribution in [3.05, 3.63) is 60.1 Å². The molecule has 3 heteroatoms. The van der Waals surface area contributed by atoms with Crippen LogP contribution in [0.15, 0.2) is 53.1 Å². The second kappa shape index (κ2) is 4.70. The smallest absolute Gasteiger partial charge is 0.134 e. The fraction of sp³-hybridized carbons (Fsp3) is 0.200. The van der Waals surface area contributed by atoms with Crippen molar-refractivity contribution >= 4 is 11.0 Å². The van der Waals surface area contributed by atoms with Gasteiger partial charge in [0, 0.05) is 23.8 Å². The van der Waals surface area contributed by atoms with Crippen LogP contribution in [-0.4, -0.2) is 4.98 Å². The predicted molar refractivity (Wildman–Crippen MR) is 72.3 cm³/mol. The van der Waals surface area contributed by atoms with Crippen molar-refractivity contribution in [2.75, 3.05) is 0 Å². The van der Waals surface area contributed by atoms with Gasteiger partial charge in [-0.2, -0.15) is 0 Å². The molecule has 3 rings (SSSR count). The predicted octanol–water partition coefficient (Wildman–Crippen LogP) is 3.61. The van der Waals surface area contributed by atoms with Gasteiger partial charge in [-0.1, -0.05) is 18.2 Å². The number of fused-ring (bicyclic) bond motifs is 1. The van der Waals surface area contributed by atoms with Gasteiger partial charge < -0.3 is 14.7 Å². The maximum Gasteiger partial charge on any atom is 0.134 e. The minimum Gasteiger partial charge on any atom is -0.459 e. The van der Waals surface area contributed by atoms with Crippen LogP contribution >= 0.6 is 0 Å². The zero-order valence-corrected chi connectivity index (χ0v) is 10.3. The minimum atomic E-state index is 0.195. The summed E-state index contributed by atoms with van der Waals surface area (Å²) in [6, 6.07) is 14.4. The Balaban J connectivity index is 1.73. The van der Waals surface area contributed by atoms with E-state index in [1.54, 1.807) is 0 Å². The van der Waals surface area contributed by atoms with Crippen molar-refractivity contribution in [3.63, 3.8) is 0 Å². The Kier molecular flexibility index (Phi) is 2.90. The molecule has 0 spiro atoms. The zero-order chi connectivity index (χ0) is 12.4. The monoisotopic (exact) mass is 240 g/mol. The van der Waals surface area contributed by atoms with Crippen molar-refractivity contribution in [1.82, 2.24) is 10.3 Å². The summed E-state index contributed by atoms with van der Waals surface area (Å²) < 4.78 is 5.83. The van der Waals surface area contributed by atoms with E-state index in [2.05, 4.69) is 35.4 Å². The number of hydrogen-bond acceptors (Lipinski definition) is 2. The van der Waals surface area contributed by atoms with Crippen LogP contribution in [0, 0.1) is 0 Å². The summed E-state index contributed by atoms with van der Waals surface area (Å²) >= 11 is 0. The molecule has 0 saturated heterocycles. The van der Waals surface area contributed by atoms with E-state index in [4.69, 9.17) is 4.42 Å². The number of furan rings is 1. The quantitative estimate of drug-likeness (QED) is 0.731. The van der Waals surface area contributed by atoms with Crippen LogP contribution in [0.3, 0.4) is 0 Å². The highest BCUT2D eigenvalue weighted by Gasteiger charge is 2.10. The normalized spacial score (nSPS) is 12.9. The highest BCUT2D eigenvalue weighted by molar-refractivity contribution is 5.77. The summed E-state index contributed by atoms with van der Waals surface area (Å²) in [5.41, 5.74) is 2.12. The van der Waals surface area contributed by atoms with Gasteiger partial charge in [0.1, 0.15) is 11.3 Å².